The van der Waals surface area contributed by atoms with E-state index in [1.54, 1.807) is 0 Å². The van der Waals surface area contributed by atoms with Gasteiger partial charge in [-0.1, -0.05) is 28.1 Å². The SMILES string of the molecule is CC(C)(C)OC(=O)C1CC(OC(=O)CBr)C2=C1C=CCC2. The number of halogens is 1. The molecule has 2 aliphatic rings. The van der Waals surface area contributed by atoms with Gasteiger partial charge in [0.15, 0.2) is 0 Å². The van der Waals surface area contributed by atoms with Gasteiger partial charge in [0.1, 0.15) is 17.0 Å². The van der Waals surface area contributed by atoms with Crippen LogP contribution in [0, 0.1) is 5.92 Å². The summed E-state index contributed by atoms with van der Waals surface area (Å²) in [5.74, 6) is -0.867. The van der Waals surface area contributed by atoms with Crippen LogP contribution in [0.4, 0.5) is 0 Å². The van der Waals surface area contributed by atoms with Gasteiger partial charge >= 0.3 is 11.9 Å². The number of esters is 2. The van der Waals surface area contributed by atoms with Crippen molar-refractivity contribution in [2.24, 2.45) is 5.92 Å². The Morgan fingerprint density at radius 1 is 1.38 bits per heavy atom. The molecule has 0 aromatic rings. The molecule has 4 nitrogen and oxygen atoms in total. The second-order valence-electron chi connectivity index (χ2n) is 6.36. The van der Waals surface area contributed by atoms with E-state index in [2.05, 4.69) is 22.0 Å². The van der Waals surface area contributed by atoms with Gasteiger partial charge in [0, 0.05) is 6.42 Å². The molecule has 0 saturated heterocycles. The average Bonchev–Trinajstić information content (AvgIpc) is 2.76. The van der Waals surface area contributed by atoms with Crippen LogP contribution in [-0.4, -0.2) is 29.0 Å². The van der Waals surface area contributed by atoms with E-state index in [1.165, 1.54) is 0 Å². The third-order valence-electron chi connectivity index (χ3n) is 3.54. The third kappa shape index (κ3) is 3.96. The Balaban J connectivity index is 2.17. The van der Waals surface area contributed by atoms with Crippen molar-refractivity contribution in [2.45, 2.75) is 51.7 Å². The molecular weight excluding hydrogens is 336 g/mol. The highest BCUT2D eigenvalue weighted by Gasteiger charge is 2.40. The summed E-state index contributed by atoms with van der Waals surface area (Å²) >= 11 is 3.10. The van der Waals surface area contributed by atoms with Gasteiger partial charge in [0.25, 0.3) is 0 Å². The van der Waals surface area contributed by atoms with E-state index in [9.17, 15) is 9.59 Å². The van der Waals surface area contributed by atoms with Crippen LogP contribution >= 0.6 is 15.9 Å². The highest BCUT2D eigenvalue weighted by Crippen LogP contribution is 2.41. The highest BCUT2D eigenvalue weighted by molar-refractivity contribution is 9.09. The summed E-state index contributed by atoms with van der Waals surface area (Å²) in [5, 5.41) is 0.166. The first-order chi connectivity index (χ1) is 9.81. The standard InChI is InChI=1S/C16H21BrO4/c1-16(2,3)21-15(19)12-8-13(20-14(18)9-17)11-7-5-4-6-10(11)12/h4,6,12-13H,5,7-9H2,1-3H3. The van der Waals surface area contributed by atoms with Crippen LogP contribution in [0.3, 0.4) is 0 Å². The summed E-state index contributed by atoms with van der Waals surface area (Å²) in [4.78, 5) is 23.9. The maximum Gasteiger partial charge on any atom is 0.317 e. The number of hydrogen-bond donors (Lipinski definition) is 0. The van der Waals surface area contributed by atoms with Crippen LogP contribution in [0.15, 0.2) is 23.3 Å². The van der Waals surface area contributed by atoms with Crippen molar-refractivity contribution in [3.05, 3.63) is 23.3 Å². The van der Waals surface area contributed by atoms with Crippen LogP contribution in [0.25, 0.3) is 0 Å². The van der Waals surface area contributed by atoms with Crippen LogP contribution in [-0.2, 0) is 19.1 Å². The Morgan fingerprint density at radius 2 is 2.10 bits per heavy atom. The molecule has 0 spiro atoms. The Bertz CT molecular complexity index is 499. The van der Waals surface area contributed by atoms with E-state index < -0.39 is 5.60 Å². The molecule has 116 valence electrons. The lowest BCUT2D eigenvalue weighted by Gasteiger charge is -2.23. The number of rotatable bonds is 3. The summed E-state index contributed by atoms with van der Waals surface area (Å²) in [5.41, 5.74) is 1.53. The lowest BCUT2D eigenvalue weighted by atomic mass is 9.95. The number of ether oxygens (including phenoxy) is 2. The van der Waals surface area contributed by atoms with Crippen molar-refractivity contribution in [2.75, 3.05) is 5.33 Å². The molecule has 2 aliphatic carbocycles. The highest BCUT2D eigenvalue weighted by atomic mass is 79.9. The summed E-state index contributed by atoms with van der Waals surface area (Å²) in [7, 11) is 0. The average molecular weight is 357 g/mol. The van der Waals surface area contributed by atoms with Crippen molar-refractivity contribution in [3.63, 3.8) is 0 Å². The fraction of sp³-hybridized carbons (Fsp3) is 0.625. The molecule has 0 N–H and O–H groups in total. The molecule has 0 aliphatic heterocycles. The number of carbonyl (C=O) groups is 2. The van der Waals surface area contributed by atoms with Crippen molar-refractivity contribution >= 4 is 27.9 Å². The van der Waals surface area contributed by atoms with Crippen LogP contribution in [0.1, 0.15) is 40.0 Å². The van der Waals surface area contributed by atoms with Crippen molar-refractivity contribution in [3.8, 4) is 0 Å². The minimum Gasteiger partial charge on any atom is -0.459 e. The van der Waals surface area contributed by atoms with E-state index in [0.717, 1.165) is 24.0 Å². The normalized spacial score (nSPS) is 24.8. The van der Waals surface area contributed by atoms with E-state index in [4.69, 9.17) is 9.47 Å². The maximum absolute atomic E-state index is 12.4. The quantitative estimate of drug-likeness (QED) is 0.575. The molecule has 5 heteroatoms. The Morgan fingerprint density at radius 3 is 2.71 bits per heavy atom. The van der Waals surface area contributed by atoms with Gasteiger partial charge in [-0.15, -0.1) is 0 Å². The number of alkyl halides is 1. The zero-order valence-electron chi connectivity index (χ0n) is 12.6. The van der Waals surface area contributed by atoms with Gasteiger partial charge in [-0.2, -0.15) is 0 Å². The zero-order valence-corrected chi connectivity index (χ0v) is 14.2. The molecule has 2 atom stereocenters. The van der Waals surface area contributed by atoms with Crippen LogP contribution in [0.2, 0.25) is 0 Å². The maximum atomic E-state index is 12.4. The largest absolute Gasteiger partial charge is 0.459 e. The molecule has 0 amide bonds. The Labute approximate surface area is 133 Å². The molecular formula is C16H21BrO4. The van der Waals surface area contributed by atoms with E-state index >= 15 is 0 Å². The molecule has 2 unspecified atom stereocenters. The van der Waals surface area contributed by atoms with Crippen LogP contribution in [0.5, 0.6) is 0 Å². The van der Waals surface area contributed by atoms with E-state index in [-0.39, 0.29) is 29.3 Å². The molecule has 0 heterocycles. The van der Waals surface area contributed by atoms with Crippen molar-refractivity contribution in [1.29, 1.82) is 0 Å². The first-order valence-electron chi connectivity index (χ1n) is 7.19. The minimum atomic E-state index is -0.513. The molecule has 0 aromatic carbocycles. The fourth-order valence-electron chi connectivity index (χ4n) is 2.78. The molecule has 0 radical (unpaired) electrons. The summed E-state index contributed by atoms with van der Waals surface area (Å²) in [6.07, 6.45) is 5.99. The van der Waals surface area contributed by atoms with Gasteiger partial charge < -0.3 is 9.47 Å². The molecule has 0 bridgehead atoms. The van der Waals surface area contributed by atoms with Crippen molar-refractivity contribution in [1.82, 2.24) is 0 Å². The fourth-order valence-corrected chi connectivity index (χ4v) is 2.91. The predicted octanol–water partition coefficient (Wildman–Crippen LogP) is 3.30. The molecule has 0 saturated carbocycles. The molecule has 0 fully saturated rings. The second-order valence-corrected chi connectivity index (χ2v) is 6.92. The molecule has 21 heavy (non-hydrogen) atoms. The van der Waals surface area contributed by atoms with E-state index in [0.29, 0.717) is 6.42 Å². The first-order valence-corrected chi connectivity index (χ1v) is 8.31. The lowest BCUT2D eigenvalue weighted by Crippen LogP contribution is -2.29. The lowest BCUT2D eigenvalue weighted by molar-refractivity contribution is -0.160. The Hall–Kier alpha value is -1.10. The number of allylic oxidation sites excluding steroid dienone is 2. The summed E-state index contributed by atoms with van der Waals surface area (Å²) < 4.78 is 10.9. The van der Waals surface area contributed by atoms with Crippen LogP contribution < -0.4 is 0 Å². The third-order valence-corrected chi connectivity index (χ3v) is 3.99. The smallest absolute Gasteiger partial charge is 0.317 e. The van der Waals surface area contributed by atoms with Gasteiger partial charge in [-0.3, -0.25) is 9.59 Å². The van der Waals surface area contributed by atoms with Gasteiger partial charge in [-0.25, -0.2) is 0 Å². The Kier molecular flexibility index (Phi) is 4.91. The van der Waals surface area contributed by atoms with Gasteiger partial charge in [0.05, 0.1) is 5.92 Å². The monoisotopic (exact) mass is 356 g/mol. The molecule has 2 rings (SSSR count). The number of carbonyl (C=O) groups excluding carboxylic acids is 2. The van der Waals surface area contributed by atoms with E-state index in [1.807, 2.05) is 26.8 Å². The minimum absolute atomic E-state index is 0.166. The summed E-state index contributed by atoms with van der Waals surface area (Å²) in [6.45, 7) is 5.57. The summed E-state index contributed by atoms with van der Waals surface area (Å²) in [6, 6.07) is 0. The number of hydrogen-bond acceptors (Lipinski definition) is 4. The van der Waals surface area contributed by atoms with Crippen molar-refractivity contribution < 1.29 is 19.1 Å². The van der Waals surface area contributed by atoms with Gasteiger partial charge in [-0.05, 0) is 44.8 Å². The second kappa shape index (κ2) is 6.34. The molecule has 0 aromatic heterocycles. The van der Waals surface area contributed by atoms with Gasteiger partial charge in [0.2, 0.25) is 0 Å². The predicted molar refractivity (Wildman–Crippen MR) is 83.0 cm³/mol. The zero-order chi connectivity index (χ0) is 15.6. The first kappa shape index (κ1) is 16.3. The topological polar surface area (TPSA) is 52.6 Å².